The molecular weight excluding hydrogens is 314 g/mol. The van der Waals surface area contributed by atoms with Crippen LogP contribution in [-0.4, -0.2) is 24.6 Å². The van der Waals surface area contributed by atoms with Gasteiger partial charge in [-0.05, 0) is 38.0 Å². The molecule has 24 heavy (non-hydrogen) atoms. The number of benzene rings is 1. The molecule has 0 saturated heterocycles. The summed E-state index contributed by atoms with van der Waals surface area (Å²) < 4.78 is 0. The maximum atomic E-state index is 6.05. The Balaban J connectivity index is 2.11. The summed E-state index contributed by atoms with van der Waals surface area (Å²) in [7, 11) is 0. The molecular formula is C20H31N3S. The summed E-state index contributed by atoms with van der Waals surface area (Å²) in [5.74, 6) is 0.297. The van der Waals surface area contributed by atoms with Crippen molar-refractivity contribution in [2.24, 2.45) is 5.73 Å². The molecule has 0 bridgehead atoms. The van der Waals surface area contributed by atoms with Crippen LogP contribution in [-0.2, 0) is 11.8 Å². The highest BCUT2D eigenvalue weighted by Gasteiger charge is 2.21. The van der Waals surface area contributed by atoms with Crippen LogP contribution in [0.15, 0.2) is 29.6 Å². The van der Waals surface area contributed by atoms with Gasteiger partial charge in [0, 0.05) is 42.0 Å². The summed E-state index contributed by atoms with van der Waals surface area (Å²) >= 11 is 1.74. The van der Waals surface area contributed by atoms with Gasteiger partial charge in [-0.2, -0.15) is 0 Å². The van der Waals surface area contributed by atoms with Gasteiger partial charge in [0.25, 0.3) is 0 Å². The number of aromatic nitrogens is 1. The van der Waals surface area contributed by atoms with Crippen molar-refractivity contribution in [3.63, 3.8) is 0 Å². The van der Waals surface area contributed by atoms with Crippen molar-refractivity contribution in [1.29, 1.82) is 0 Å². The Hall–Kier alpha value is -1.39. The predicted molar refractivity (Wildman–Crippen MR) is 106 cm³/mol. The fourth-order valence-corrected chi connectivity index (χ4v) is 3.97. The second-order valence-corrected chi connectivity index (χ2v) is 8.19. The van der Waals surface area contributed by atoms with Gasteiger partial charge in [-0.1, -0.05) is 32.9 Å². The summed E-state index contributed by atoms with van der Waals surface area (Å²) in [6.45, 7) is 13.7. The minimum Gasteiger partial charge on any atom is -0.372 e. The van der Waals surface area contributed by atoms with Crippen LogP contribution in [0.1, 0.15) is 56.8 Å². The van der Waals surface area contributed by atoms with Gasteiger partial charge in [-0.3, -0.25) is 0 Å². The lowest BCUT2D eigenvalue weighted by molar-refractivity contribution is 0.566. The minimum absolute atomic E-state index is 0.0965. The zero-order valence-corrected chi connectivity index (χ0v) is 16.5. The van der Waals surface area contributed by atoms with E-state index in [1.54, 1.807) is 11.3 Å². The standard InChI is InChI=1S/C20H31N3S/c1-6-23(7-2)17-10-8-15(9-11-17)12-16(13-21)19-22-18(14-24-19)20(3,4)5/h8-11,14,16H,6-7,12-13,21H2,1-5H3. The van der Waals surface area contributed by atoms with Crippen LogP contribution in [0.5, 0.6) is 0 Å². The third-order valence-electron chi connectivity index (χ3n) is 4.47. The average Bonchev–Trinajstić information content (AvgIpc) is 3.05. The maximum absolute atomic E-state index is 6.05. The zero-order chi connectivity index (χ0) is 17.7. The Morgan fingerprint density at radius 2 is 1.75 bits per heavy atom. The quantitative estimate of drug-likeness (QED) is 0.799. The van der Waals surface area contributed by atoms with Crippen molar-refractivity contribution in [3.05, 3.63) is 45.9 Å². The van der Waals surface area contributed by atoms with Crippen molar-refractivity contribution in [1.82, 2.24) is 4.98 Å². The molecule has 1 aromatic carbocycles. The van der Waals surface area contributed by atoms with Crippen LogP contribution in [0, 0.1) is 0 Å². The van der Waals surface area contributed by atoms with Crippen LogP contribution in [0.25, 0.3) is 0 Å². The SMILES string of the molecule is CCN(CC)c1ccc(CC(CN)c2nc(C(C)(C)C)cs2)cc1. The van der Waals surface area contributed by atoms with Gasteiger partial charge >= 0.3 is 0 Å². The first kappa shape index (κ1) is 18.9. The van der Waals surface area contributed by atoms with E-state index in [2.05, 4.69) is 69.2 Å². The molecule has 1 atom stereocenters. The van der Waals surface area contributed by atoms with E-state index >= 15 is 0 Å². The molecule has 1 aromatic heterocycles. The molecule has 0 aliphatic heterocycles. The molecule has 2 aromatic rings. The Kier molecular flexibility index (Phi) is 6.41. The highest BCUT2D eigenvalue weighted by molar-refractivity contribution is 7.09. The van der Waals surface area contributed by atoms with E-state index in [0.717, 1.165) is 30.2 Å². The number of nitrogens with two attached hydrogens (primary N) is 1. The Labute approximate surface area is 150 Å². The van der Waals surface area contributed by atoms with E-state index in [1.807, 2.05) is 0 Å². The van der Waals surface area contributed by atoms with Gasteiger partial charge in [0.05, 0.1) is 10.7 Å². The summed E-state index contributed by atoms with van der Waals surface area (Å²) in [6, 6.07) is 8.90. The molecule has 0 radical (unpaired) electrons. The third-order valence-corrected chi connectivity index (χ3v) is 5.48. The molecule has 0 aliphatic rings. The molecule has 3 nitrogen and oxygen atoms in total. The average molecular weight is 346 g/mol. The van der Waals surface area contributed by atoms with Crippen LogP contribution in [0.3, 0.4) is 0 Å². The topological polar surface area (TPSA) is 42.1 Å². The smallest absolute Gasteiger partial charge is 0.0975 e. The Bertz CT molecular complexity index is 621. The monoisotopic (exact) mass is 345 g/mol. The van der Waals surface area contributed by atoms with E-state index in [1.165, 1.54) is 11.3 Å². The highest BCUT2D eigenvalue weighted by Crippen LogP contribution is 2.29. The lowest BCUT2D eigenvalue weighted by atomic mass is 9.93. The van der Waals surface area contributed by atoms with E-state index < -0.39 is 0 Å². The van der Waals surface area contributed by atoms with Crippen molar-refractivity contribution in [2.45, 2.75) is 52.4 Å². The van der Waals surface area contributed by atoms with Gasteiger partial charge in [0.2, 0.25) is 0 Å². The van der Waals surface area contributed by atoms with E-state index in [0.29, 0.717) is 12.5 Å². The fraction of sp³-hybridized carbons (Fsp3) is 0.550. The summed E-state index contributed by atoms with van der Waals surface area (Å²) in [4.78, 5) is 7.21. The molecule has 0 saturated carbocycles. The normalized spacial score (nSPS) is 13.1. The van der Waals surface area contributed by atoms with Crippen molar-refractivity contribution in [3.8, 4) is 0 Å². The van der Waals surface area contributed by atoms with Gasteiger partial charge in [0.15, 0.2) is 0 Å². The molecule has 132 valence electrons. The lowest BCUT2D eigenvalue weighted by Crippen LogP contribution is -2.21. The van der Waals surface area contributed by atoms with Crippen LogP contribution >= 0.6 is 11.3 Å². The van der Waals surface area contributed by atoms with E-state index in [4.69, 9.17) is 10.7 Å². The summed E-state index contributed by atoms with van der Waals surface area (Å²) in [5, 5.41) is 3.34. The predicted octanol–water partition coefficient (Wildman–Crippen LogP) is 4.57. The number of anilines is 1. The first-order valence-electron chi connectivity index (χ1n) is 8.88. The Morgan fingerprint density at radius 3 is 2.21 bits per heavy atom. The molecule has 1 unspecified atom stereocenters. The van der Waals surface area contributed by atoms with E-state index in [-0.39, 0.29) is 5.41 Å². The molecule has 0 aliphatic carbocycles. The number of thiazole rings is 1. The van der Waals surface area contributed by atoms with Crippen LogP contribution in [0.4, 0.5) is 5.69 Å². The van der Waals surface area contributed by atoms with Crippen LogP contribution < -0.4 is 10.6 Å². The molecule has 0 spiro atoms. The van der Waals surface area contributed by atoms with Crippen molar-refractivity contribution >= 4 is 17.0 Å². The first-order valence-corrected chi connectivity index (χ1v) is 9.76. The molecule has 2 N–H and O–H groups in total. The second-order valence-electron chi connectivity index (χ2n) is 7.30. The molecule has 0 amide bonds. The van der Waals surface area contributed by atoms with Crippen molar-refractivity contribution < 1.29 is 0 Å². The molecule has 4 heteroatoms. The number of hydrogen-bond acceptors (Lipinski definition) is 4. The van der Waals surface area contributed by atoms with Gasteiger partial charge in [0.1, 0.15) is 0 Å². The number of hydrogen-bond donors (Lipinski definition) is 1. The van der Waals surface area contributed by atoms with Crippen molar-refractivity contribution in [2.75, 3.05) is 24.5 Å². The molecule has 1 heterocycles. The maximum Gasteiger partial charge on any atom is 0.0975 e. The largest absolute Gasteiger partial charge is 0.372 e. The minimum atomic E-state index is 0.0965. The number of nitrogens with zero attached hydrogens (tertiary/aromatic N) is 2. The molecule has 2 rings (SSSR count). The lowest BCUT2D eigenvalue weighted by Gasteiger charge is -2.21. The molecule has 0 fully saturated rings. The van der Waals surface area contributed by atoms with Gasteiger partial charge in [-0.15, -0.1) is 11.3 Å². The van der Waals surface area contributed by atoms with E-state index in [9.17, 15) is 0 Å². The highest BCUT2D eigenvalue weighted by atomic mass is 32.1. The van der Waals surface area contributed by atoms with Crippen LogP contribution in [0.2, 0.25) is 0 Å². The van der Waals surface area contributed by atoms with Gasteiger partial charge in [-0.25, -0.2) is 4.98 Å². The summed E-state index contributed by atoms with van der Waals surface area (Å²) in [6.07, 6.45) is 0.951. The zero-order valence-electron chi connectivity index (χ0n) is 15.7. The first-order chi connectivity index (χ1) is 11.4. The number of rotatable bonds is 7. The Morgan fingerprint density at radius 1 is 1.12 bits per heavy atom. The fourth-order valence-electron chi connectivity index (χ4n) is 2.81. The van der Waals surface area contributed by atoms with Gasteiger partial charge < -0.3 is 10.6 Å². The summed E-state index contributed by atoms with van der Waals surface area (Å²) in [5.41, 5.74) is 9.93. The second kappa shape index (κ2) is 8.13. The third kappa shape index (κ3) is 4.58.